The van der Waals surface area contributed by atoms with Crippen LogP contribution < -0.4 is 5.73 Å². The highest BCUT2D eigenvalue weighted by Crippen LogP contribution is 2.62. The average molecular weight is 631 g/mol. The van der Waals surface area contributed by atoms with E-state index < -0.39 is 10.5 Å². The summed E-state index contributed by atoms with van der Waals surface area (Å²) in [7, 11) is 0. The van der Waals surface area contributed by atoms with Crippen molar-refractivity contribution in [3.63, 3.8) is 0 Å². The molecule has 0 aliphatic heterocycles. The van der Waals surface area contributed by atoms with Gasteiger partial charge in [-0.15, -0.1) is 0 Å². The van der Waals surface area contributed by atoms with Crippen LogP contribution in [-0.4, -0.2) is 37.3 Å². The first-order valence-corrected chi connectivity index (χ1v) is 16.8. The zero-order chi connectivity index (χ0) is 33.9. The van der Waals surface area contributed by atoms with E-state index in [-0.39, 0.29) is 35.0 Å². The predicted octanol–water partition coefficient (Wildman–Crippen LogP) is 8.42. The van der Waals surface area contributed by atoms with E-state index in [2.05, 4.69) is 57.8 Å². The second kappa shape index (κ2) is 14.2. The van der Waals surface area contributed by atoms with Gasteiger partial charge < -0.3 is 15.9 Å². The third-order valence-corrected chi connectivity index (χ3v) is 11.0. The minimum atomic E-state index is -0.800. The summed E-state index contributed by atoms with van der Waals surface area (Å²) in [4.78, 5) is 20.4. The van der Waals surface area contributed by atoms with Crippen molar-refractivity contribution in [1.29, 1.82) is 0 Å². The Labute approximate surface area is 275 Å². The maximum Gasteiger partial charge on any atom is 0.269 e. The Morgan fingerprint density at radius 2 is 1.57 bits per heavy atom. The Morgan fingerprint density at radius 1 is 0.978 bits per heavy atom. The highest BCUT2D eigenvalue weighted by molar-refractivity contribution is 5.68. The van der Waals surface area contributed by atoms with Crippen LogP contribution in [0, 0.1) is 27.4 Å². The van der Waals surface area contributed by atoms with Crippen molar-refractivity contribution in [2.24, 2.45) is 17.3 Å². The Hall–Kier alpha value is -3.36. The number of aromatic nitrogens is 2. The molecule has 1 fully saturated rings. The molecule has 8 nitrogen and oxygen atoms in total. The number of fused-ring (bicyclic) bond motifs is 2. The summed E-state index contributed by atoms with van der Waals surface area (Å²) in [5, 5.41) is 32.4. The van der Waals surface area contributed by atoms with Crippen LogP contribution in [0.25, 0.3) is 11.3 Å². The fraction of sp³-hybridized carbons (Fsp3) is 0.579. The number of nitrogen functional groups attached to an aromatic ring is 1. The molecule has 8 heteroatoms. The largest absolute Gasteiger partial charge is 0.392 e. The third kappa shape index (κ3) is 7.60. The number of rotatable bonds is 12. The van der Waals surface area contributed by atoms with E-state index in [0.717, 1.165) is 79.5 Å². The van der Waals surface area contributed by atoms with Crippen LogP contribution in [0.5, 0.6) is 0 Å². The lowest BCUT2D eigenvalue weighted by Gasteiger charge is -2.61. The van der Waals surface area contributed by atoms with Gasteiger partial charge in [0, 0.05) is 28.7 Å². The Kier molecular flexibility index (Phi) is 10.9. The molecule has 250 valence electrons. The molecule has 1 aromatic heterocycles. The van der Waals surface area contributed by atoms with E-state index in [1.54, 1.807) is 12.1 Å². The summed E-state index contributed by atoms with van der Waals surface area (Å²) in [5.41, 5.74) is 12.3. The van der Waals surface area contributed by atoms with Gasteiger partial charge in [0.2, 0.25) is 5.95 Å². The SMILES string of the molecule is C/C(=C\CC/C(C)=C/CC/C(C)=C/CC[C@@H]1[C@@]2(C)Cc3c(-c4ccc([N+](=O)[O-])cc4)nc(N)nc3C(C)(C)[C@@H]2CC[C@@]1(C)O)CO. The van der Waals surface area contributed by atoms with Crippen molar-refractivity contribution in [3.05, 3.63) is 80.6 Å². The second-order valence-corrected chi connectivity index (χ2v) is 14.9. The zero-order valence-electron chi connectivity index (χ0n) is 28.9. The lowest BCUT2D eigenvalue weighted by molar-refractivity contribution is -0.384. The fourth-order valence-electron chi connectivity index (χ4n) is 8.55. The summed E-state index contributed by atoms with van der Waals surface area (Å²) < 4.78 is 0. The molecular formula is C38H54N4O4. The molecule has 0 spiro atoms. The first-order chi connectivity index (χ1) is 21.6. The van der Waals surface area contributed by atoms with Crippen molar-refractivity contribution in [3.8, 4) is 11.3 Å². The maximum absolute atomic E-state index is 11.9. The molecule has 2 aliphatic carbocycles. The minimum Gasteiger partial charge on any atom is -0.392 e. The quantitative estimate of drug-likeness (QED) is 0.122. The standard InChI is InChI=1S/C38H54N4O4/c1-25(13-9-15-27(3)24-43)11-8-12-26(2)14-10-16-32-37(6)23-30-33(28-17-19-29(20-18-28)42(45)46)40-35(39)41-34(30)36(4,5)31(37)21-22-38(32,7)44/h11,14-15,17-20,31-32,43-44H,8-10,12-13,16,21-24H2,1-7H3,(H2,39,40,41)/b25-11+,26-14+,27-15+/t31-,32+,37-,38+/m0/s1. The molecule has 4 N–H and O–H groups in total. The van der Waals surface area contributed by atoms with E-state index in [0.29, 0.717) is 12.3 Å². The van der Waals surface area contributed by atoms with Crippen molar-refractivity contribution in [2.45, 2.75) is 117 Å². The molecule has 0 radical (unpaired) electrons. The number of aliphatic hydroxyl groups is 2. The number of nitrogens with zero attached hydrogens (tertiary/aromatic N) is 3. The number of aliphatic hydroxyl groups excluding tert-OH is 1. The van der Waals surface area contributed by atoms with Gasteiger partial charge in [-0.2, -0.15) is 0 Å². The molecule has 0 unspecified atom stereocenters. The molecule has 4 rings (SSSR count). The number of hydrogen-bond acceptors (Lipinski definition) is 7. The van der Waals surface area contributed by atoms with Gasteiger partial charge in [-0.25, -0.2) is 9.97 Å². The zero-order valence-corrected chi connectivity index (χ0v) is 28.9. The van der Waals surface area contributed by atoms with E-state index in [1.807, 2.05) is 13.8 Å². The van der Waals surface area contributed by atoms with E-state index in [9.17, 15) is 20.3 Å². The highest BCUT2D eigenvalue weighted by Gasteiger charge is 2.60. The van der Waals surface area contributed by atoms with E-state index >= 15 is 0 Å². The lowest BCUT2D eigenvalue weighted by atomic mass is 9.44. The number of anilines is 1. The Bertz CT molecular complexity index is 1510. The third-order valence-electron chi connectivity index (χ3n) is 11.0. The highest BCUT2D eigenvalue weighted by atomic mass is 16.6. The van der Waals surface area contributed by atoms with Crippen LogP contribution in [0.4, 0.5) is 11.6 Å². The van der Waals surface area contributed by atoms with Crippen LogP contribution in [0.15, 0.2) is 59.2 Å². The van der Waals surface area contributed by atoms with Gasteiger partial charge in [0.25, 0.3) is 5.69 Å². The van der Waals surface area contributed by atoms with Gasteiger partial charge in [-0.3, -0.25) is 10.1 Å². The summed E-state index contributed by atoms with van der Waals surface area (Å²) in [6, 6.07) is 6.51. The summed E-state index contributed by atoms with van der Waals surface area (Å²) in [6.45, 7) is 15.3. The van der Waals surface area contributed by atoms with Gasteiger partial charge >= 0.3 is 0 Å². The van der Waals surface area contributed by atoms with Crippen molar-refractivity contribution in [2.75, 3.05) is 12.3 Å². The number of non-ortho nitro benzene ring substituents is 1. The number of nitro benzene ring substituents is 1. The molecule has 1 heterocycles. The van der Waals surface area contributed by atoms with E-state index in [1.165, 1.54) is 23.3 Å². The molecule has 4 atom stereocenters. The molecule has 0 bridgehead atoms. The molecular weight excluding hydrogens is 576 g/mol. The molecule has 0 amide bonds. The van der Waals surface area contributed by atoms with Crippen molar-refractivity contribution >= 4 is 11.6 Å². The van der Waals surface area contributed by atoms with Crippen molar-refractivity contribution < 1.29 is 15.1 Å². The minimum absolute atomic E-state index is 0.0339. The summed E-state index contributed by atoms with van der Waals surface area (Å²) in [6.07, 6.45) is 14.9. The average Bonchev–Trinajstić information content (AvgIpc) is 2.98. The van der Waals surface area contributed by atoms with Crippen LogP contribution in [0.2, 0.25) is 0 Å². The van der Waals surface area contributed by atoms with Crippen LogP contribution in [0.3, 0.4) is 0 Å². The fourth-order valence-corrected chi connectivity index (χ4v) is 8.55. The molecule has 2 aromatic rings. The monoisotopic (exact) mass is 630 g/mol. The number of allylic oxidation sites excluding steroid dienone is 5. The Balaban J connectivity index is 1.56. The number of nitro groups is 1. The second-order valence-electron chi connectivity index (χ2n) is 14.9. The lowest BCUT2D eigenvalue weighted by Crippen LogP contribution is -2.60. The van der Waals surface area contributed by atoms with Gasteiger partial charge in [-0.05, 0) is 115 Å². The number of benzene rings is 1. The van der Waals surface area contributed by atoms with Crippen LogP contribution in [0.1, 0.15) is 111 Å². The van der Waals surface area contributed by atoms with Gasteiger partial charge in [0.15, 0.2) is 0 Å². The first kappa shape index (κ1) is 35.5. The topological polar surface area (TPSA) is 135 Å². The van der Waals surface area contributed by atoms with Crippen molar-refractivity contribution in [1.82, 2.24) is 9.97 Å². The summed E-state index contributed by atoms with van der Waals surface area (Å²) >= 11 is 0. The number of hydrogen-bond donors (Lipinski definition) is 3. The molecule has 2 aliphatic rings. The van der Waals surface area contributed by atoms with Crippen LogP contribution in [-0.2, 0) is 11.8 Å². The Morgan fingerprint density at radius 3 is 2.15 bits per heavy atom. The smallest absolute Gasteiger partial charge is 0.269 e. The predicted molar refractivity (Wildman–Crippen MR) is 186 cm³/mol. The number of nitrogens with two attached hydrogens (primary N) is 1. The van der Waals surface area contributed by atoms with Gasteiger partial charge in [0.1, 0.15) is 0 Å². The summed E-state index contributed by atoms with van der Waals surface area (Å²) in [5.74, 6) is 0.573. The first-order valence-electron chi connectivity index (χ1n) is 16.8. The molecule has 0 saturated heterocycles. The molecule has 46 heavy (non-hydrogen) atoms. The van der Waals surface area contributed by atoms with E-state index in [4.69, 9.17) is 10.7 Å². The molecule has 1 saturated carbocycles. The van der Waals surface area contributed by atoms with Gasteiger partial charge in [-0.1, -0.05) is 55.7 Å². The van der Waals surface area contributed by atoms with Gasteiger partial charge in [0.05, 0.1) is 28.5 Å². The van der Waals surface area contributed by atoms with Crippen LogP contribution >= 0.6 is 0 Å². The molecule has 1 aromatic carbocycles. The maximum atomic E-state index is 11.9. The normalized spacial score (nSPS) is 26.4.